The fourth-order valence-electron chi connectivity index (χ4n) is 2.19. The van der Waals surface area contributed by atoms with Crippen LogP contribution in [-0.2, 0) is 12.8 Å². The van der Waals surface area contributed by atoms with E-state index in [2.05, 4.69) is 0 Å². The van der Waals surface area contributed by atoms with Crippen molar-refractivity contribution in [2.24, 2.45) is 0 Å². The summed E-state index contributed by atoms with van der Waals surface area (Å²) in [6, 6.07) is 9.32. The predicted molar refractivity (Wildman–Crippen MR) is 70.8 cm³/mol. The van der Waals surface area contributed by atoms with Crippen molar-refractivity contribution in [1.29, 1.82) is 0 Å². The summed E-state index contributed by atoms with van der Waals surface area (Å²) in [6.45, 7) is 1.50. The van der Waals surface area contributed by atoms with Gasteiger partial charge in [-0.15, -0.1) is 0 Å². The highest BCUT2D eigenvalue weighted by molar-refractivity contribution is 5.23. The van der Waals surface area contributed by atoms with Crippen molar-refractivity contribution in [1.82, 2.24) is 0 Å². The first-order valence-corrected chi connectivity index (χ1v) is 6.27. The van der Waals surface area contributed by atoms with Crippen LogP contribution >= 0.6 is 0 Å². The molecule has 0 amide bonds. The molecule has 0 aliphatic rings. The molecule has 0 radical (unpaired) electrons. The molecule has 1 N–H and O–H groups in total. The molecule has 1 atom stereocenters. The second-order valence-corrected chi connectivity index (χ2v) is 5.18. The summed E-state index contributed by atoms with van der Waals surface area (Å²) in [7, 11) is 0. The van der Waals surface area contributed by atoms with Crippen molar-refractivity contribution in [3.8, 4) is 0 Å². The Morgan fingerprint density at radius 3 is 2.10 bits per heavy atom. The Morgan fingerprint density at radius 1 is 0.900 bits per heavy atom. The first-order chi connectivity index (χ1) is 9.37. The van der Waals surface area contributed by atoms with Crippen molar-refractivity contribution in [3.63, 3.8) is 0 Å². The summed E-state index contributed by atoms with van der Waals surface area (Å²) < 4.78 is 40.0. The Hall–Kier alpha value is -1.81. The average Bonchev–Trinajstić information content (AvgIpc) is 2.35. The van der Waals surface area contributed by atoms with Crippen LogP contribution in [0.3, 0.4) is 0 Å². The maximum atomic E-state index is 13.6. The molecule has 0 saturated heterocycles. The van der Waals surface area contributed by atoms with Gasteiger partial charge in [0.25, 0.3) is 0 Å². The average molecular weight is 280 g/mol. The third-order valence-corrected chi connectivity index (χ3v) is 3.12. The Bertz CT molecular complexity index is 608. The van der Waals surface area contributed by atoms with E-state index in [0.717, 1.165) is 12.1 Å². The Labute approximate surface area is 115 Å². The van der Waals surface area contributed by atoms with E-state index in [9.17, 15) is 18.3 Å². The molecule has 0 saturated carbocycles. The van der Waals surface area contributed by atoms with Crippen molar-refractivity contribution in [3.05, 3.63) is 71.0 Å². The molecule has 0 aliphatic carbocycles. The van der Waals surface area contributed by atoms with Gasteiger partial charge in [-0.2, -0.15) is 0 Å². The van der Waals surface area contributed by atoms with E-state index < -0.39 is 23.1 Å². The van der Waals surface area contributed by atoms with Gasteiger partial charge < -0.3 is 5.11 Å². The quantitative estimate of drug-likeness (QED) is 0.906. The lowest BCUT2D eigenvalue weighted by molar-refractivity contribution is 0.0590. The minimum absolute atomic E-state index is 0.0204. The van der Waals surface area contributed by atoms with Gasteiger partial charge in [-0.1, -0.05) is 24.3 Å². The summed E-state index contributed by atoms with van der Waals surface area (Å²) in [5.41, 5.74) is -0.756. The van der Waals surface area contributed by atoms with E-state index in [1.54, 1.807) is 18.2 Å². The van der Waals surface area contributed by atoms with Crippen LogP contribution in [-0.4, -0.2) is 10.7 Å². The van der Waals surface area contributed by atoms with E-state index in [1.807, 2.05) is 0 Å². The van der Waals surface area contributed by atoms with Crippen molar-refractivity contribution in [2.75, 3.05) is 0 Å². The lowest BCUT2D eigenvalue weighted by Gasteiger charge is -2.24. The van der Waals surface area contributed by atoms with E-state index in [0.29, 0.717) is 5.56 Å². The van der Waals surface area contributed by atoms with Crippen molar-refractivity contribution < 1.29 is 18.3 Å². The monoisotopic (exact) mass is 280 g/mol. The zero-order chi connectivity index (χ0) is 14.8. The van der Waals surface area contributed by atoms with Crippen LogP contribution in [0.4, 0.5) is 13.2 Å². The fourth-order valence-corrected chi connectivity index (χ4v) is 2.19. The number of halogens is 3. The van der Waals surface area contributed by atoms with E-state index in [1.165, 1.54) is 19.1 Å². The predicted octanol–water partition coefficient (Wildman–Crippen LogP) is 3.64. The molecule has 4 heteroatoms. The lowest BCUT2D eigenvalue weighted by Crippen LogP contribution is -2.31. The fraction of sp³-hybridized carbons (Fsp3) is 0.250. The molecule has 0 aromatic heterocycles. The molecular formula is C16H15F3O. The summed E-state index contributed by atoms with van der Waals surface area (Å²) in [5, 5.41) is 10.3. The Morgan fingerprint density at radius 2 is 1.50 bits per heavy atom. The molecule has 0 spiro atoms. The summed E-state index contributed by atoms with van der Waals surface area (Å²) in [6.07, 6.45) is 0.0317. The van der Waals surface area contributed by atoms with Crippen molar-refractivity contribution in [2.45, 2.75) is 25.4 Å². The van der Waals surface area contributed by atoms with E-state index >= 15 is 0 Å². The van der Waals surface area contributed by atoms with Gasteiger partial charge in [0.05, 0.1) is 5.60 Å². The number of rotatable bonds is 4. The van der Waals surface area contributed by atoms with Crippen molar-refractivity contribution >= 4 is 0 Å². The zero-order valence-corrected chi connectivity index (χ0v) is 11.0. The number of hydrogen-bond donors (Lipinski definition) is 1. The van der Waals surface area contributed by atoms with E-state index in [4.69, 9.17) is 0 Å². The lowest BCUT2D eigenvalue weighted by atomic mass is 9.89. The SMILES string of the molecule is CC(O)(Cc1ccccc1F)Cc1ccc(F)cc1F. The molecule has 0 aliphatic heterocycles. The molecule has 1 unspecified atom stereocenters. The number of aliphatic hydroxyl groups is 1. The molecular weight excluding hydrogens is 265 g/mol. The molecule has 0 bridgehead atoms. The molecule has 2 aromatic rings. The van der Waals surface area contributed by atoms with Crippen LogP contribution in [0.1, 0.15) is 18.1 Å². The second kappa shape index (κ2) is 5.67. The van der Waals surface area contributed by atoms with Gasteiger partial charge in [0.15, 0.2) is 0 Å². The molecule has 1 nitrogen and oxygen atoms in total. The first kappa shape index (κ1) is 14.6. The smallest absolute Gasteiger partial charge is 0.129 e. The highest BCUT2D eigenvalue weighted by atomic mass is 19.1. The molecule has 106 valence electrons. The largest absolute Gasteiger partial charge is 0.389 e. The zero-order valence-electron chi connectivity index (χ0n) is 11.0. The van der Waals surface area contributed by atoms with Crippen LogP contribution < -0.4 is 0 Å². The van der Waals surface area contributed by atoms with Crippen LogP contribution in [0, 0.1) is 17.5 Å². The minimum atomic E-state index is -1.32. The topological polar surface area (TPSA) is 20.2 Å². The third kappa shape index (κ3) is 3.61. The van der Waals surface area contributed by atoms with Crippen LogP contribution in [0.25, 0.3) is 0 Å². The van der Waals surface area contributed by atoms with Crippen LogP contribution in [0.5, 0.6) is 0 Å². The van der Waals surface area contributed by atoms with Gasteiger partial charge in [-0.05, 0) is 30.2 Å². The maximum Gasteiger partial charge on any atom is 0.129 e. The second-order valence-electron chi connectivity index (χ2n) is 5.18. The maximum absolute atomic E-state index is 13.6. The van der Waals surface area contributed by atoms with Gasteiger partial charge in [0, 0.05) is 18.9 Å². The molecule has 20 heavy (non-hydrogen) atoms. The standard InChI is InChI=1S/C16H15F3O/c1-16(20,9-11-4-2-3-5-14(11)18)10-12-6-7-13(17)8-15(12)19/h2-8,20H,9-10H2,1H3. The van der Waals surface area contributed by atoms with Crippen LogP contribution in [0.15, 0.2) is 42.5 Å². The first-order valence-electron chi connectivity index (χ1n) is 6.27. The Balaban J connectivity index is 2.17. The number of hydrogen-bond acceptors (Lipinski definition) is 1. The normalized spacial score (nSPS) is 14.1. The van der Waals surface area contributed by atoms with Gasteiger partial charge in [-0.3, -0.25) is 0 Å². The van der Waals surface area contributed by atoms with Gasteiger partial charge in [-0.25, -0.2) is 13.2 Å². The minimum Gasteiger partial charge on any atom is -0.389 e. The molecule has 2 rings (SSSR count). The third-order valence-electron chi connectivity index (χ3n) is 3.12. The molecule has 0 heterocycles. The number of benzene rings is 2. The molecule has 0 fully saturated rings. The van der Waals surface area contributed by atoms with Gasteiger partial charge >= 0.3 is 0 Å². The van der Waals surface area contributed by atoms with Crippen LogP contribution in [0.2, 0.25) is 0 Å². The van der Waals surface area contributed by atoms with Gasteiger partial charge in [0.2, 0.25) is 0 Å². The summed E-state index contributed by atoms with van der Waals surface area (Å²) >= 11 is 0. The molecule has 2 aromatic carbocycles. The highest BCUT2D eigenvalue weighted by Crippen LogP contribution is 2.22. The van der Waals surface area contributed by atoms with E-state index in [-0.39, 0.29) is 18.4 Å². The summed E-state index contributed by atoms with van der Waals surface area (Å²) in [4.78, 5) is 0. The summed E-state index contributed by atoms with van der Waals surface area (Å²) in [5.74, 6) is -1.79. The van der Waals surface area contributed by atoms with Gasteiger partial charge in [0.1, 0.15) is 17.5 Å². The Kier molecular flexibility index (Phi) is 4.14. The highest BCUT2D eigenvalue weighted by Gasteiger charge is 2.24.